The van der Waals surface area contributed by atoms with E-state index >= 15 is 0 Å². The minimum Gasteiger partial charge on any atom is -0.467 e. The SMILES string of the molecule is O=C(CCC1CCCCC1)NCCC(O)c1ccco1. The molecule has 1 heterocycles. The van der Waals surface area contributed by atoms with Gasteiger partial charge in [0.2, 0.25) is 5.91 Å². The van der Waals surface area contributed by atoms with E-state index < -0.39 is 6.10 Å². The molecule has 1 amide bonds. The number of aliphatic hydroxyl groups excluding tert-OH is 1. The number of carbonyl (C=O) groups is 1. The van der Waals surface area contributed by atoms with Crippen molar-refractivity contribution in [3.63, 3.8) is 0 Å². The largest absolute Gasteiger partial charge is 0.467 e. The van der Waals surface area contributed by atoms with Crippen LogP contribution in [0.3, 0.4) is 0 Å². The molecular formula is C16H25NO3. The van der Waals surface area contributed by atoms with Crippen LogP contribution in [-0.2, 0) is 4.79 Å². The fraction of sp³-hybridized carbons (Fsp3) is 0.688. The number of furan rings is 1. The van der Waals surface area contributed by atoms with Crippen LogP contribution < -0.4 is 5.32 Å². The van der Waals surface area contributed by atoms with Gasteiger partial charge in [-0.15, -0.1) is 0 Å². The topological polar surface area (TPSA) is 62.5 Å². The molecule has 0 radical (unpaired) electrons. The van der Waals surface area contributed by atoms with E-state index in [0.717, 1.165) is 12.3 Å². The van der Waals surface area contributed by atoms with Gasteiger partial charge in [0.25, 0.3) is 0 Å². The van der Waals surface area contributed by atoms with Gasteiger partial charge in [0.1, 0.15) is 11.9 Å². The summed E-state index contributed by atoms with van der Waals surface area (Å²) < 4.78 is 5.12. The molecule has 1 aliphatic carbocycles. The van der Waals surface area contributed by atoms with Gasteiger partial charge >= 0.3 is 0 Å². The molecule has 0 spiro atoms. The van der Waals surface area contributed by atoms with Crippen LogP contribution in [-0.4, -0.2) is 17.6 Å². The zero-order chi connectivity index (χ0) is 14.2. The van der Waals surface area contributed by atoms with Gasteiger partial charge in [-0.1, -0.05) is 32.1 Å². The molecule has 1 unspecified atom stereocenters. The standard InChI is InChI=1S/C16H25NO3/c18-14(15-7-4-12-20-15)10-11-17-16(19)9-8-13-5-2-1-3-6-13/h4,7,12-14,18H,1-3,5-6,8-11H2,(H,17,19). The number of hydrogen-bond donors (Lipinski definition) is 2. The molecule has 1 aliphatic rings. The van der Waals surface area contributed by atoms with E-state index in [2.05, 4.69) is 5.32 Å². The van der Waals surface area contributed by atoms with Gasteiger partial charge in [-0.3, -0.25) is 4.79 Å². The summed E-state index contributed by atoms with van der Waals surface area (Å²) in [5.74, 6) is 1.40. The summed E-state index contributed by atoms with van der Waals surface area (Å²) in [5, 5.41) is 12.7. The van der Waals surface area contributed by atoms with E-state index in [0.29, 0.717) is 25.1 Å². The smallest absolute Gasteiger partial charge is 0.220 e. The molecule has 1 atom stereocenters. The summed E-state index contributed by atoms with van der Waals surface area (Å²) in [4.78, 5) is 11.7. The van der Waals surface area contributed by atoms with Crippen molar-refractivity contribution in [3.8, 4) is 0 Å². The maximum atomic E-state index is 11.7. The minimum absolute atomic E-state index is 0.0993. The molecule has 1 aromatic heterocycles. The first-order valence-corrected chi connectivity index (χ1v) is 7.74. The summed E-state index contributed by atoms with van der Waals surface area (Å²) in [6.45, 7) is 0.491. The molecule has 1 aromatic rings. The van der Waals surface area contributed by atoms with E-state index in [4.69, 9.17) is 4.42 Å². The number of aliphatic hydroxyl groups is 1. The van der Waals surface area contributed by atoms with Gasteiger partial charge in [-0.05, 0) is 30.9 Å². The van der Waals surface area contributed by atoms with Crippen LogP contribution in [0.2, 0.25) is 0 Å². The zero-order valence-electron chi connectivity index (χ0n) is 12.0. The first-order valence-electron chi connectivity index (χ1n) is 7.74. The van der Waals surface area contributed by atoms with E-state index in [9.17, 15) is 9.90 Å². The Morgan fingerprint density at radius 1 is 1.40 bits per heavy atom. The van der Waals surface area contributed by atoms with Gasteiger partial charge < -0.3 is 14.8 Å². The molecular weight excluding hydrogens is 254 g/mol. The third-order valence-electron chi connectivity index (χ3n) is 4.12. The van der Waals surface area contributed by atoms with Crippen LogP contribution in [0.5, 0.6) is 0 Å². The number of amides is 1. The molecule has 20 heavy (non-hydrogen) atoms. The fourth-order valence-corrected chi connectivity index (χ4v) is 2.87. The van der Waals surface area contributed by atoms with E-state index in [1.807, 2.05) is 0 Å². The Morgan fingerprint density at radius 2 is 2.20 bits per heavy atom. The van der Waals surface area contributed by atoms with E-state index in [-0.39, 0.29) is 5.91 Å². The highest BCUT2D eigenvalue weighted by Crippen LogP contribution is 2.27. The van der Waals surface area contributed by atoms with Crippen molar-refractivity contribution in [1.82, 2.24) is 5.32 Å². The van der Waals surface area contributed by atoms with Crippen molar-refractivity contribution >= 4 is 5.91 Å². The molecule has 0 aromatic carbocycles. The lowest BCUT2D eigenvalue weighted by molar-refractivity contribution is -0.121. The minimum atomic E-state index is -0.636. The second kappa shape index (κ2) is 8.10. The first-order chi connectivity index (χ1) is 9.75. The monoisotopic (exact) mass is 279 g/mol. The molecule has 1 saturated carbocycles. The highest BCUT2D eigenvalue weighted by Gasteiger charge is 2.15. The predicted molar refractivity (Wildman–Crippen MR) is 77.1 cm³/mol. The second-order valence-electron chi connectivity index (χ2n) is 5.71. The zero-order valence-corrected chi connectivity index (χ0v) is 12.0. The quantitative estimate of drug-likeness (QED) is 0.805. The average Bonchev–Trinajstić information content (AvgIpc) is 3.00. The summed E-state index contributed by atoms with van der Waals surface area (Å²) in [7, 11) is 0. The van der Waals surface area contributed by atoms with Gasteiger partial charge in [-0.25, -0.2) is 0 Å². The summed E-state index contributed by atoms with van der Waals surface area (Å²) in [5.41, 5.74) is 0. The van der Waals surface area contributed by atoms with Crippen molar-refractivity contribution in [2.75, 3.05) is 6.54 Å². The molecule has 0 saturated heterocycles. The van der Waals surface area contributed by atoms with E-state index in [1.165, 1.54) is 32.1 Å². The van der Waals surface area contributed by atoms with Crippen LogP contribution in [0.25, 0.3) is 0 Å². The van der Waals surface area contributed by atoms with Crippen LogP contribution >= 0.6 is 0 Å². The Hall–Kier alpha value is -1.29. The van der Waals surface area contributed by atoms with Gasteiger partial charge in [0, 0.05) is 13.0 Å². The van der Waals surface area contributed by atoms with Gasteiger partial charge in [0.15, 0.2) is 0 Å². The van der Waals surface area contributed by atoms with Gasteiger partial charge in [0.05, 0.1) is 6.26 Å². The molecule has 4 nitrogen and oxygen atoms in total. The Labute approximate surface area is 120 Å². The maximum Gasteiger partial charge on any atom is 0.220 e. The molecule has 1 fully saturated rings. The number of nitrogens with one attached hydrogen (secondary N) is 1. The van der Waals surface area contributed by atoms with Crippen molar-refractivity contribution in [2.45, 2.75) is 57.5 Å². The molecule has 2 rings (SSSR count). The molecule has 112 valence electrons. The lowest BCUT2D eigenvalue weighted by atomic mass is 9.86. The van der Waals surface area contributed by atoms with Crippen LogP contribution in [0, 0.1) is 5.92 Å². The lowest BCUT2D eigenvalue weighted by Gasteiger charge is -2.21. The molecule has 4 heteroatoms. The second-order valence-corrected chi connectivity index (χ2v) is 5.71. The van der Waals surface area contributed by atoms with Crippen LogP contribution in [0.4, 0.5) is 0 Å². The van der Waals surface area contributed by atoms with Crippen molar-refractivity contribution in [1.29, 1.82) is 0 Å². The molecule has 2 N–H and O–H groups in total. The fourth-order valence-electron chi connectivity index (χ4n) is 2.87. The summed E-state index contributed by atoms with van der Waals surface area (Å²) in [6, 6.07) is 3.50. The highest BCUT2D eigenvalue weighted by atomic mass is 16.4. The average molecular weight is 279 g/mol. The number of carbonyl (C=O) groups excluding carboxylic acids is 1. The van der Waals surface area contributed by atoms with Crippen molar-refractivity contribution in [2.24, 2.45) is 5.92 Å². The normalized spacial score (nSPS) is 17.9. The van der Waals surface area contributed by atoms with Crippen LogP contribution in [0.15, 0.2) is 22.8 Å². The third kappa shape index (κ3) is 5.00. The number of rotatable bonds is 7. The summed E-state index contributed by atoms with van der Waals surface area (Å²) >= 11 is 0. The third-order valence-corrected chi connectivity index (χ3v) is 4.12. The van der Waals surface area contributed by atoms with Crippen molar-refractivity contribution in [3.05, 3.63) is 24.2 Å². The number of hydrogen-bond acceptors (Lipinski definition) is 3. The van der Waals surface area contributed by atoms with Gasteiger partial charge in [-0.2, -0.15) is 0 Å². The Morgan fingerprint density at radius 3 is 2.90 bits per heavy atom. The predicted octanol–water partition coefficient (Wildman–Crippen LogP) is 3.18. The molecule has 0 bridgehead atoms. The highest BCUT2D eigenvalue weighted by molar-refractivity contribution is 5.75. The van der Waals surface area contributed by atoms with Crippen molar-refractivity contribution < 1.29 is 14.3 Å². The van der Waals surface area contributed by atoms with Crippen LogP contribution in [0.1, 0.15) is 63.2 Å². The Bertz CT molecular complexity index is 382. The molecule has 0 aliphatic heterocycles. The Balaban J connectivity index is 1.55. The lowest BCUT2D eigenvalue weighted by Crippen LogP contribution is -2.26. The summed E-state index contributed by atoms with van der Waals surface area (Å²) in [6.07, 6.45) is 9.58. The van der Waals surface area contributed by atoms with E-state index in [1.54, 1.807) is 18.4 Å². The maximum absolute atomic E-state index is 11.7. The Kier molecular flexibility index (Phi) is 6.12. The first kappa shape index (κ1) is 15.1.